The summed E-state index contributed by atoms with van der Waals surface area (Å²) in [4.78, 5) is 10.8. The SMILES string of the molecule is CC(C(=O)O)S(=O)(=O)C1CCCC(S(C)(=O)=O)C1. The van der Waals surface area contributed by atoms with E-state index in [-0.39, 0.29) is 6.42 Å². The van der Waals surface area contributed by atoms with Crippen molar-refractivity contribution in [1.82, 2.24) is 0 Å². The Bertz CT molecular complexity index is 519. The molecule has 3 atom stereocenters. The molecule has 1 rings (SSSR count). The molecule has 0 aliphatic heterocycles. The molecule has 18 heavy (non-hydrogen) atoms. The van der Waals surface area contributed by atoms with E-state index in [4.69, 9.17) is 5.11 Å². The minimum Gasteiger partial charge on any atom is -0.480 e. The summed E-state index contributed by atoms with van der Waals surface area (Å²) >= 11 is 0. The lowest BCUT2D eigenvalue weighted by molar-refractivity contribution is -0.136. The van der Waals surface area contributed by atoms with Gasteiger partial charge in [-0.05, 0) is 26.2 Å². The van der Waals surface area contributed by atoms with Crippen molar-refractivity contribution >= 4 is 25.6 Å². The van der Waals surface area contributed by atoms with E-state index in [2.05, 4.69) is 0 Å². The average Bonchev–Trinajstić information content (AvgIpc) is 2.27. The summed E-state index contributed by atoms with van der Waals surface area (Å²) in [5.41, 5.74) is 0. The van der Waals surface area contributed by atoms with E-state index >= 15 is 0 Å². The smallest absolute Gasteiger partial charge is 0.321 e. The Morgan fingerprint density at radius 3 is 2.11 bits per heavy atom. The second kappa shape index (κ2) is 5.16. The van der Waals surface area contributed by atoms with Crippen molar-refractivity contribution in [1.29, 1.82) is 0 Å². The summed E-state index contributed by atoms with van der Waals surface area (Å²) in [6.07, 6.45) is 2.39. The van der Waals surface area contributed by atoms with Gasteiger partial charge in [-0.25, -0.2) is 16.8 Å². The zero-order chi connectivity index (χ0) is 14.1. The molecule has 0 aromatic rings. The molecule has 0 aromatic carbocycles. The van der Waals surface area contributed by atoms with E-state index in [1.807, 2.05) is 0 Å². The van der Waals surface area contributed by atoms with Gasteiger partial charge in [0.25, 0.3) is 0 Å². The van der Waals surface area contributed by atoms with Crippen LogP contribution in [0.5, 0.6) is 0 Å². The first kappa shape index (κ1) is 15.4. The Balaban J connectivity index is 2.95. The molecule has 0 spiro atoms. The average molecular weight is 298 g/mol. The third kappa shape index (κ3) is 3.23. The van der Waals surface area contributed by atoms with Gasteiger partial charge in [0.15, 0.2) is 15.1 Å². The molecule has 1 N–H and O–H groups in total. The van der Waals surface area contributed by atoms with Gasteiger partial charge in [0, 0.05) is 6.26 Å². The number of aliphatic carboxylic acids is 1. The molecule has 0 heterocycles. The highest BCUT2D eigenvalue weighted by Crippen LogP contribution is 2.30. The van der Waals surface area contributed by atoms with Crippen LogP contribution in [0.2, 0.25) is 0 Å². The Morgan fingerprint density at radius 2 is 1.67 bits per heavy atom. The molecule has 0 amide bonds. The standard InChI is InChI=1S/C10H18O6S2/c1-7(10(11)12)18(15,16)9-5-3-4-8(6-9)17(2,13)14/h7-9H,3-6H2,1-2H3,(H,11,12). The van der Waals surface area contributed by atoms with Crippen LogP contribution < -0.4 is 0 Å². The fraction of sp³-hybridized carbons (Fsp3) is 0.900. The molecule has 1 fully saturated rings. The van der Waals surface area contributed by atoms with Crippen molar-refractivity contribution in [2.24, 2.45) is 0 Å². The number of carboxylic acid groups (broad SMARTS) is 1. The van der Waals surface area contributed by atoms with Crippen molar-refractivity contribution in [2.75, 3.05) is 6.26 Å². The lowest BCUT2D eigenvalue weighted by Gasteiger charge is -2.28. The summed E-state index contributed by atoms with van der Waals surface area (Å²) in [6, 6.07) is 0. The number of hydrogen-bond acceptors (Lipinski definition) is 5. The molecular formula is C10H18O6S2. The van der Waals surface area contributed by atoms with Crippen molar-refractivity contribution in [2.45, 2.75) is 48.4 Å². The third-order valence-electron chi connectivity index (χ3n) is 3.49. The lowest BCUT2D eigenvalue weighted by atomic mass is 10.00. The van der Waals surface area contributed by atoms with Crippen molar-refractivity contribution in [3.05, 3.63) is 0 Å². The molecule has 6 nitrogen and oxygen atoms in total. The Hall–Kier alpha value is -0.630. The second-order valence-corrected chi connectivity index (χ2v) is 9.69. The van der Waals surface area contributed by atoms with Crippen molar-refractivity contribution in [3.8, 4) is 0 Å². The molecule has 3 unspecified atom stereocenters. The molecule has 106 valence electrons. The van der Waals surface area contributed by atoms with Crippen LogP contribution in [0.25, 0.3) is 0 Å². The first-order chi connectivity index (χ1) is 8.06. The van der Waals surface area contributed by atoms with Crippen LogP contribution in [-0.2, 0) is 24.5 Å². The monoisotopic (exact) mass is 298 g/mol. The maximum Gasteiger partial charge on any atom is 0.321 e. The summed E-state index contributed by atoms with van der Waals surface area (Å²) in [6.45, 7) is 1.13. The Kier molecular flexibility index (Phi) is 4.42. The highest BCUT2D eigenvalue weighted by atomic mass is 32.2. The maximum absolute atomic E-state index is 12.0. The van der Waals surface area contributed by atoms with E-state index in [1.54, 1.807) is 0 Å². The van der Waals surface area contributed by atoms with E-state index in [0.717, 1.165) is 13.2 Å². The van der Waals surface area contributed by atoms with E-state index in [0.29, 0.717) is 19.3 Å². The highest BCUT2D eigenvalue weighted by Gasteiger charge is 2.40. The van der Waals surface area contributed by atoms with Crippen LogP contribution in [0, 0.1) is 0 Å². The molecule has 0 bridgehead atoms. The molecule has 1 aliphatic rings. The Morgan fingerprint density at radius 1 is 1.17 bits per heavy atom. The quantitative estimate of drug-likeness (QED) is 0.796. The van der Waals surface area contributed by atoms with Gasteiger partial charge in [-0.1, -0.05) is 6.42 Å². The largest absolute Gasteiger partial charge is 0.480 e. The zero-order valence-electron chi connectivity index (χ0n) is 10.4. The number of rotatable bonds is 4. The molecular weight excluding hydrogens is 280 g/mol. The predicted molar refractivity (Wildman–Crippen MR) is 66.9 cm³/mol. The van der Waals surface area contributed by atoms with Crippen molar-refractivity contribution in [3.63, 3.8) is 0 Å². The van der Waals surface area contributed by atoms with Crippen LogP contribution in [0.1, 0.15) is 32.6 Å². The van der Waals surface area contributed by atoms with E-state index in [9.17, 15) is 21.6 Å². The number of hydrogen-bond donors (Lipinski definition) is 1. The summed E-state index contributed by atoms with van der Waals surface area (Å²) in [5.74, 6) is -1.39. The molecule has 1 saturated carbocycles. The molecule has 0 aromatic heterocycles. The van der Waals surface area contributed by atoms with E-state index in [1.165, 1.54) is 0 Å². The summed E-state index contributed by atoms with van der Waals surface area (Å²) in [5, 5.41) is 5.75. The van der Waals surface area contributed by atoms with Crippen LogP contribution >= 0.6 is 0 Å². The lowest BCUT2D eigenvalue weighted by Crippen LogP contribution is -2.41. The van der Waals surface area contributed by atoms with Gasteiger partial charge in [0.2, 0.25) is 0 Å². The number of sulfone groups is 2. The predicted octanol–water partition coefficient (Wildman–Crippen LogP) is 0.230. The van der Waals surface area contributed by atoms with Gasteiger partial charge >= 0.3 is 5.97 Å². The van der Waals surface area contributed by atoms with Gasteiger partial charge in [-0.15, -0.1) is 0 Å². The molecule has 0 radical (unpaired) electrons. The first-order valence-corrected chi connectivity index (χ1v) is 9.27. The van der Waals surface area contributed by atoms with Gasteiger partial charge in [-0.3, -0.25) is 4.79 Å². The molecule has 8 heteroatoms. The van der Waals surface area contributed by atoms with Crippen LogP contribution in [0.4, 0.5) is 0 Å². The van der Waals surface area contributed by atoms with Gasteiger partial charge in [0.05, 0.1) is 10.5 Å². The number of carboxylic acids is 1. The molecule has 1 aliphatic carbocycles. The summed E-state index contributed by atoms with van der Waals surface area (Å²) < 4.78 is 47.0. The van der Waals surface area contributed by atoms with Crippen LogP contribution in [0.15, 0.2) is 0 Å². The summed E-state index contributed by atoms with van der Waals surface area (Å²) in [7, 11) is -7.10. The topological polar surface area (TPSA) is 106 Å². The Labute approximate surface area is 107 Å². The maximum atomic E-state index is 12.0. The second-order valence-electron chi connectivity index (χ2n) is 4.81. The normalized spacial score (nSPS) is 27.7. The fourth-order valence-corrected chi connectivity index (χ4v) is 5.37. The number of carbonyl (C=O) groups is 1. The van der Waals surface area contributed by atoms with E-state index < -0.39 is 41.4 Å². The minimum absolute atomic E-state index is 0.0127. The highest BCUT2D eigenvalue weighted by molar-refractivity contribution is 7.93. The first-order valence-electron chi connectivity index (χ1n) is 5.71. The third-order valence-corrected chi connectivity index (χ3v) is 7.67. The van der Waals surface area contributed by atoms with Crippen LogP contribution in [0.3, 0.4) is 0 Å². The molecule has 0 saturated heterocycles. The zero-order valence-corrected chi connectivity index (χ0v) is 12.0. The minimum atomic E-state index is -3.82. The van der Waals surface area contributed by atoms with Crippen molar-refractivity contribution < 1.29 is 26.7 Å². The van der Waals surface area contributed by atoms with Gasteiger partial charge < -0.3 is 5.11 Å². The van der Waals surface area contributed by atoms with Gasteiger partial charge in [-0.2, -0.15) is 0 Å². The fourth-order valence-electron chi connectivity index (χ4n) is 2.22. The van der Waals surface area contributed by atoms with Gasteiger partial charge in [0.1, 0.15) is 9.84 Å². The van der Waals surface area contributed by atoms with Crippen LogP contribution in [-0.4, -0.2) is 49.9 Å².